The molecule has 1 aromatic carbocycles. The fraction of sp³-hybridized carbons (Fsp3) is 0.417. The lowest BCUT2D eigenvalue weighted by Crippen LogP contribution is -2.19. The Kier molecular flexibility index (Phi) is 2.71. The zero-order valence-corrected chi connectivity index (χ0v) is 10.2. The maximum Gasteiger partial charge on any atom is 0.184 e. The van der Waals surface area contributed by atoms with Crippen molar-refractivity contribution in [2.75, 3.05) is 12.3 Å². The highest BCUT2D eigenvalue weighted by atomic mass is 16.5. The number of rotatable bonds is 2. The molecule has 1 fully saturated rings. The Bertz CT molecular complexity index is 553. The number of tetrazole rings is 1. The molecule has 0 spiro atoms. The lowest BCUT2D eigenvalue weighted by Gasteiger charge is -2.16. The van der Waals surface area contributed by atoms with Crippen LogP contribution in [0, 0.1) is 0 Å². The van der Waals surface area contributed by atoms with Gasteiger partial charge in [-0.3, -0.25) is 0 Å². The number of benzene rings is 1. The fourth-order valence-electron chi connectivity index (χ4n) is 2.34. The lowest BCUT2D eigenvalue weighted by molar-refractivity contribution is 0.105. The van der Waals surface area contributed by atoms with Crippen LogP contribution < -0.4 is 5.73 Å². The van der Waals surface area contributed by atoms with Crippen LogP contribution in [0.4, 0.5) is 5.69 Å². The van der Waals surface area contributed by atoms with Gasteiger partial charge in [0.05, 0.1) is 12.1 Å². The van der Waals surface area contributed by atoms with Gasteiger partial charge in [0, 0.05) is 17.9 Å². The number of ether oxygens (including phenoxy) is 1. The minimum absolute atomic E-state index is 0.122. The van der Waals surface area contributed by atoms with E-state index >= 15 is 0 Å². The van der Waals surface area contributed by atoms with Crippen LogP contribution in [-0.4, -0.2) is 32.9 Å². The largest absolute Gasteiger partial charge is 0.398 e. The van der Waals surface area contributed by atoms with E-state index in [-0.39, 0.29) is 12.1 Å². The Morgan fingerprint density at radius 3 is 2.94 bits per heavy atom. The number of nitrogens with zero attached hydrogens (tertiary/aromatic N) is 4. The molecule has 94 valence electrons. The molecule has 6 heteroatoms. The fourth-order valence-corrected chi connectivity index (χ4v) is 2.34. The second kappa shape index (κ2) is 4.38. The van der Waals surface area contributed by atoms with Crippen molar-refractivity contribution in [3.8, 4) is 11.4 Å². The minimum atomic E-state index is 0.122. The molecule has 2 heterocycles. The van der Waals surface area contributed by atoms with Gasteiger partial charge in [-0.1, -0.05) is 12.1 Å². The summed E-state index contributed by atoms with van der Waals surface area (Å²) in [6.45, 7) is 2.78. The molecule has 18 heavy (non-hydrogen) atoms. The van der Waals surface area contributed by atoms with Crippen LogP contribution in [0.1, 0.15) is 19.4 Å². The Balaban J connectivity index is 2.04. The zero-order valence-electron chi connectivity index (χ0n) is 10.2. The van der Waals surface area contributed by atoms with Crippen LogP contribution in [-0.2, 0) is 4.74 Å². The van der Waals surface area contributed by atoms with Gasteiger partial charge in [0.25, 0.3) is 0 Å². The average Bonchev–Trinajstić information content (AvgIpc) is 2.98. The third kappa shape index (κ3) is 1.74. The molecule has 1 saturated heterocycles. The summed E-state index contributed by atoms with van der Waals surface area (Å²) < 4.78 is 7.39. The normalized spacial score (nSPS) is 23.4. The van der Waals surface area contributed by atoms with Gasteiger partial charge < -0.3 is 10.5 Å². The van der Waals surface area contributed by atoms with E-state index in [9.17, 15) is 0 Å². The SMILES string of the molecule is CC1OCCC1n1nnnc1-c1ccccc1N. The zero-order chi connectivity index (χ0) is 12.5. The second-order valence-corrected chi connectivity index (χ2v) is 4.47. The Labute approximate surface area is 105 Å². The van der Waals surface area contributed by atoms with Crippen LogP contribution in [0.5, 0.6) is 0 Å². The molecule has 2 atom stereocenters. The number of hydrogen-bond donors (Lipinski definition) is 1. The summed E-state index contributed by atoms with van der Waals surface area (Å²) >= 11 is 0. The maximum atomic E-state index is 5.97. The highest BCUT2D eigenvalue weighted by Crippen LogP contribution is 2.30. The first-order valence-electron chi connectivity index (χ1n) is 6.01. The van der Waals surface area contributed by atoms with E-state index in [0.29, 0.717) is 11.5 Å². The molecule has 6 nitrogen and oxygen atoms in total. The number of para-hydroxylation sites is 1. The molecule has 2 aromatic rings. The topological polar surface area (TPSA) is 78.8 Å². The van der Waals surface area contributed by atoms with Crippen molar-refractivity contribution in [1.82, 2.24) is 20.2 Å². The van der Waals surface area contributed by atoms with Gasteiger partial charge in [-0.2, -0.15) is 0 Å². The van der Waals surface area contributed by atoms with Gasteiger partial charge in [-0.05, 0) is 35.9 Å². The summed E-state index contributed by atoms with van der Waals surface area (Å²) in [6, 6.07) is 7.78. The summed E-state index contributed by atoms with van der Waals surface area (Å²) in [5.41, 5.74) is 7.52. The summed E-state index contributed by atoms with van der Waals surface area (Å²) in [4.78, 5) is 0. The van der Waals surface area contributed by atoms with Gasteiger partial charge in [0.1, 0.15) is 0 Å². The van der Waals surface area contributed by atoms with Crippen molar-refractivity contribution in [3.63, 3.8) is 0 Å². The van der Waals surface area contributed by atoms with E-state index < -0.39 is 0 Å². The third-order valence-electron chi connectivity index (χ3n) is 3.34. The molecule has 0 radical (unpaired) electrons. The second-order valence-electron chi connectivity index (χ2n) is 4.47. The van der Waals surface area contributed by atoms with Crippen molar-refractivity contribution in [2.24, 2.45) is 0 Å². The van der Waals surface area contributed by atoms with Crippen molar-refractivity contribution in [2.45, 2.75) is 25.5 Å². The first-order chi connectivity index (χ1) is 8.77. The summed E-state index contributed by atoms with van der Waals surface area (Å²) in [5.74, 6) is 0.704. The molecule has 0 aliphatic carbocycles. The lowest BCUT2D eigenvalue weighted by atomic mass is 10.1. The predicted octanol–water partition coefficient (Wildman–Crippen LogP) is 1.27. The standard InChI is InChI=1S/C12H15N5O/c1-8-11(6-7-18-8)17-12(14-15-16-17)9-4-2-3-5-10(9)13/h2-5,8,11H,6-7,13H2,1H3. The number of nitrogen functional groups attached to an aromatic ring is 1. The Morgan fingerprint density at radius 2 is 2.22 bits per heavy atom. The predicted molar refractivity (Wildman–Crippen MR) is 66.7 cm³/mol. The molecule has 3 rings (SSSR count). The van der Waals surface area contributed by atoms with E-state index in [1.54, 1.807) is 0 Å². The molecule has 1 aliphatic heterocycles. The van der Waals surface area contributed by atoms with E-state index in [2.05, 4.69) is 15.5 Å². The maximum absolute atomic E-state index is 5.97. The van der Waals surface area contributed by atoms with Gasteiger partial charge in [-0.15, -0.1) is 5.10 Å². The van der Waals surface area contributed by atoms with Gasteiger partial charge in [-0.25, -0.2) is 4.68 Å². The van der Waals surface area contributed by atoms with Gasteiger partial charge in [0.15, 0.2) is 5.82 Å². The summed E-state index contributed by atoms with van der Waals surface area (Å²) in [7, 11) is 0. The molecule has 1 aliphatic rings. The summed E-state index contributed by atoms with van der Waals surface area (Å²) in [6.07, 6.45) is 1.04. The van der Waals surface area contributed by atoms with Crippen LogP contribution in [0.25, 0.3) is 11.4 Å². The van der Waals surface area contributed by atoms with Gasteiger partial charge in [0.2, 0.25) is 0 Å². The minimum Gasteiger partial charge on any atom is -0.398 e. The molecular formula is C12H15N5O. The molecule has 0 amide bonds. The van der Waals surface area contributed by atoms with Crippen molar-refractivity contribution >= 4 is 5.69 Å². The molecule has 2 N–H and O–H groups in total. The van der Waals surface area contributed by atoms with E-state index in [1.807, 2.05) is 35.9 Å². The average molecular weight is 245 g/mol. The number of anilines is 1. The first-order valence-corrected chi connectivity index (χ1v) is 6.01. The highest BCUT2D eigenvalue weighted by Gasteiger charge is 2.29. The Morgan fingerprint density at radius 1 is 1.39 bits per heavy atom. The van der Waals surface area contributed by atoms with Crippen molar-refractivity contribution in [3.05, 3.63) is 24.3 Å². The van der Waals surface area contributed by atoms with Gasteiger partial charge >= 0.3 is 0 Å². The third-order valence-corrected chi connectivity index (χ3v) is 3.34. The smallest absolute Gasteiger partial charge is 0.184 e. The number of aromatic nitrogens is 4. The van der Waals surface area contributed by atoms with E-state index in [1.165, 1.54) is 0 Å². The van der Waals surface area contributed by atoms with Crippen LogP contribution in [0.2, 0.25) is 0 Å². The van der Waals surface area contributed by atoms with Crippen LogP contribution >= 0.6 is 0 Å². The highest BCUT2D eigenvalue weighted by molar-refractivity contribution is 5.71. The van der Waals surface area contributed by atoms with E-state index in [0.717, 1.165) is 18.6 Å². The van der Waals surface area contributed by atoms with Crippen molar-refractivity contribution < 1.29 is 4.74 Å². The molecule has 0 bridgehead atoms. The molecule has 1 aromatic heterocycles. The van der Waals surface area contributed by atoms with Crippen LogP contribution in [0.15, 0.2) is 24.3 Å². The number of nitrogens with two attached hydrogens (primary N) is 1. The molecule has 2 unspecified atom stereocenters. The molecular weight excluding hydrogens is 230 g/mol. The molecule has 0 saturated carbocycles. The quantitative estimate of drug-likeness (QED) is 0.806. The van der Waals surface area contributed by atoms with Crippen LogP contribution in [0.3, 0.4) is 0 Å². The first kappa shape index (κ1) is 11.2. The van der Waals surface area contributed by atoms with Crippen molar-refractivity contribution in [1.29, 1.82) is 0 Å². The summed E-state index contributed by atoms with van der Waals surface area (Å²) in [5, 5.41) is 11.9. The number of hydrogen-bond acceptors (Lipinski definition) is 5. The van der Waals surface area contributed by atoms with E-state index in [4.69, 9.17) is 10.5 Å². The Hall–Kier alpha value is -1.95. The monoisotopic (exact) mass is 245 g/mol.